The lowest BCUT2D eigenvalue weighted by Crippen LogP contribution is -2.19. The summed E-state index contributed by atoms with van der Waals surface area (Å²) in [6.07, 6.45) is 4.27. The Hall–Kier alpha value is -1.43. The Morgan fingerprint density at radius 3 is 2.28 bits per heavy atom. The van der Waals surface area contributed by atoms with Gasteiger partial charge in [0.2, 0.25) is 0 Å². The molecule has 0 saturated heterocycles. The second-order valence-corrected chi connectivity index (χ2v) is 6.55. The molecular formula is C12H15NO4S. The Bertz CT molecular complexity index is 619. The number of aromatic nitrogens is 1. The molecular weight excluding hydrogens is 254 g/mol. The van der Waals surface area contributed by atoms with Crippen molar-refractivity contribution in [1.29, 1.82) is 0 Å². The van der Waals surface area contributed by atoms with Crippen LogP contribution in [0.15, 0.2) is 5.03 Å². The van der Waals surface area contributed by atoms with E-state index in [9.17, 15) is 18.3 Å². The summed E-state index contributed by atoms with van der Waals surface area (Å²) in [6, 6.07) is 0. The molecule has 98 valence electrons. The second kappa shape index (κ2) is 4.35. The average molecular weight is 269 g/mol. The van der Waals surface area contributed by atoms with E-state index in [0.29, 0.717) is 17.7 Å². The molecule has 0 radical (unpaired) electrons. The minimum Gasteiger partial charge on any atom is -0.478 e. The first-order valence-corrected chi connectivity index (χ1v) is 7.67. The molecule has 1 aromatic heterocycles. The first kappa shape index (κ1) is 13.0. The molecule has 6 heteroatoms. The minimum atomic E-state index is -3.63. The number of nitrogens with zero attached hydrogens (tertiary/aromatic N) is 1. The predicted molar refractivity (Wildman–Crippen MR) is 65.7 cm³/mol. The first-order valence-electron chi connectivity index (χ1n) is 5.78. The Morgan fingerprint density at radius 1 is 1.22 bits per heavy atom. The number of pyridine rings is 1. The Labute approximate surface area is 106 Å². The van der Waals surface area contributed by atoms with Crippen LogP contribution in [0.25, 0.3) is 0 Å². The van der Waals surface area contributed by atoms with E-state index in [2.05, 4.69) is 4.98 Å². The molecule has 0 amide bonds. The molecule has 1 aliphatic carbocycles. The molecule has 1 heterocycles. The number of carbonyl (C=O) groups is 1. The Morgan fingerprint density at radius 2 is 1.78 bits per heavy atom. The highest BCUT2D eigenvalue weighted by Crippen LogP contribution is 2.30. The van der Waals surface area contributed by atoms with Crippen molar-refractivity contribution in [1.82, 2.24) is 4.98 Å². The third-order valence-electron chi connectivity index (χ3n) is 3.25. The van der Waals surface area contributed by atoms with E-state index in [1.54, 1.807) is 6.92 Å². The van der Waals surface area contributed by atoms with E-state index in [1.807, 2.05) is 0 Å². The Kier molecular flexibility index (Phi) is 3.14. The summed E-state index contributed by atoms with van der Waals surface area (Å²) in [5.74, 6) is -1.21. The zero-order valence-electron chi connectivity index (χ0n) is 10.4. The van der Waals surface area contributed by atoms with Crippen molar-refractivity contribution in [3.63, 3.8) is 0 Å². The molecule has 5 nitrogen and oxygen atoms in total. The lowest BCUT2D eigenvalue weighted by Gasteiger charge is -2.21. The molecule has 0 aliphatic heterocycles. The zero-order chi connectivity index (χ0) is 13.5. The molecule has 0 bridgehead atoms. The highest BCUT2D eigenvalue weighted by atomic mass is 32.2. The fraction of sp³-hybridized carbons (Fsp3) is 0.500. The SMILES string of the molecule is Cc1nc(S(C)(=O)=O)c(C(=O)O)c2c1CCCC2. The van der Waals surface area contributed by atoms with E-state index >= 15 is 0 Å². The van der Waals surface area contributed by atoms with Crippen molar-refractivity contribution in [2.45, 2.75) is 37.6 Å². The standard InChI is InChI=1S/C12H15NO4S/c1-7-8-5-3-4-6-9(8)10(12(14)15)11(13-7)18(2,16)17/h3-6H2,1-2H3,(H,14,15). The van der Waals surface area contributed by atoms with Gasteiger partial charge in [0.15, 0.2) is 14.9 Å². The molecule has 0 spiro atoms. The van der Waals surface area contributed by atoms with Gasteiger partial charge in [-0.05, 0) is 43.7 Å². The van der Waals surface area contributed by atoms with Gasteiger partial charge >= 0.3 is 5.97 Å². The van der Waals surface area contributed by atoms with E-state index in [4.69, 9.17) is 0 Å². The van der Waals surface area contributed by atoms with Crippen molar-refractivity contribution in [2.75, 3.05) is 6.26 Å². The minimum absolute atomic E-state index is 0.127. The van der Waals surface area contributed by atoms with Gasteiger partial charge in [-0.2, -0.15) is 0 Å². The molecule has 0 unspecified atom stereocenters. The third kappa shape index (κ3) is 2.12. The number of carboxylic acids is 1. The maximum Gasteiger partial charge on any atom is 0.338 e. The summed E-state index contributed by atoms with van der Waals surface area (Å²) in [6.45, 7) is 1.74. The number of aromatic carboxylic acids is 1. The molecule has 18 heavy (non-hydrogen) atoms. The van der Waals surface area contributed by atoms with Crippen LogP contribution in [-0.4, -0.2) is 30.7 Å². The molecule has 1 aliphatic rings. The van der Waals surface area contributed by atoms with Crippen LogP contribution in [0.3, 0.4) is 0 Å². The summed E-state index contributed by atoms with van der Waals surface area (Å²) < 4.78 is 23.3. The molecule has 0 aromatic carbocycles. The van der Waals surface area contributed by atoms with Crippen molar-refractivity contribution >= 4 is 15.8 Å². The second-order valence-electron chi connectivity index (χ2n) is 4.62. The van der Waals surface area contributed by atoms with Gasteiger partial charge in [0.05, 0.1) is 0 Å². The normalized spacial score (nSPS) is 15.2. The highest BCUT2D eigenvalue weighted by Gasteiger charge is 2.28. The van der Waals surface area contributed by atoms with Crippen molar-refractivity contribution < 1.29 is 18.3 Å². The number of aryl methyl sites for hydroxylation is 1. The van der Waals surface area contributed by atoms with Crippen LogP contribution in [0.5, 0.6) is 0 Å². The fourth-order valence-electron chi connectivity index (χ4n) is 2.47. The Balaban J connectivity index is 2.84. The highest BCUT2D eigenvalue weighted by molar-refractivity contribution is 7.90. The van der Waals surface area contributed by atoms with E-state index in [0.717, 1.165) is 31.1 Å². The summed E-state index contributed by atoms with van der Waals surface area (Å²) in [5, 5.41) is 8.97. The summed E-state index contributed by atoms with van der Waals surface area (Å²) >= 11 is 0. The van der Waals surface area contributed by atoms with Crippen LogP contribution < -0.4 is 0 Å². The summed E-state index contributed by atoms with van der Waals surface area (Å²) in [4.78, 5) is 15.4. The number of carboxylic acid groups (broad SMARTS) is 1. The largest absolute Gasteiger partial charge is 0.478 e. The maximum atomic E-state index is 11.7. The monoisotopic (exact) mass is 269 g/mol. The zero-order valence-corrected chi connectivity index (χ0v) is 11.2. The van der Waals surface area contributed by atoms with E-state index in [1.165, 1.54) is 0 Å². The molecule has 1 aromatic rings. The molecule has 0 atom stereocenters. The molecule has 0 saturated carbocycles. The van der Waals surface area contributed by atoms with Gasteiger partial charge in [-0.25, -0.2) is 18.2 Å². The number of fused-ring (bicyclic) bond motifs is 1. The quantitative estimate of drug-likeness (QED) is 0.876. The topological polar surface area (TPSA) is 84.3 Å². The lowest BCUT2D eigenvalue weighted by molar-refractivity contribution is 0.0690. The number of sulfone groups is 1. The van der Waals surface area contributed by atoms with Crippen LogP contribution >= 0.6 is 0 Å². The summed E-state index contributed by atoms with van der Waals surface area (Å²) in [5.41, 5.74) is 2.07. The van der Waals surface area contributed by atoms with Crippen LogP contribution in [0.4, 0.5) is 0 Å². The molecule has 1 N–H and O–H groups in total. The van der Waals surface area contributed by atoms with Gasteiger partial charge < -0.3 is 5.11 Å². The van der Waals surface area contributed by atoms with Crippen molar-refractivity contribution in [3.8, 4) is 0 Å². The molecule has 0 fully saturated rings. The molecule has 2 rings (SSSR count). The van der Waals surface area contributed by atoms with Gasteiger partial charge in [-0.15, -0.1) is 0 Å². The van der Waals surface area contributed by atoms with Crippen LogP contribution in [0, 0.1) is 6.92 Å². The van der Waals surface area contributed by atoms with Crippen LogP contribution in [-0.2, 0) is 22.7 Å². The lowest BCUT2D eigenvalue weighted by atomic mass is 9.88. The fourth-order valence-corrected chi connectivity index (χ4v) is 3.36. The first-order chi connectivity index (χ1) is 8.32. The van der Waals surface area contributed by atoms with Crippen LogP contribution in [0.2, 0.25) is 0 Å². The van der Waals surface area contributed by atoms with Crippen molar-refractivity contribution in [2.24, 2.45) is 0 Å². The smallest absolute Gasteiger partial charge is 0.338 e. The van der Waals surface area contributed by atoms with Crippen LogP contribution in [0.1, 0.15) is 40.0 Å². The van der Waals surface area contributed by atoms with Gasteiger partial charge in [-0.3, -0.25) is 0 Å². The van der Waals surface area contributed by atoms with E-state index in [-0.39, 0.29) is 10.6 Å². The maximum absolute atomic E-state index is 11.7. The average Bonchev–Trinajstić information content (AvgIpc) is 2.27. The predicted octanol–water partition coefficient (Wildman–Crippen LogP) is 1.37. The van der Waals surface area contributed by atoms with Crippen molar-refractivity contribution in [3.05, 3.63) is 22.4 Å². The third-order valence-corrected chi connectivity index (χ3v) is 4.25. The van der Waals surface area contributed by atoms with Gasteiger partial charge in [0, 0.05) is 11.9 Å². The van der Waals surface area contributed by atoms with Gasteiger partial charge in [-0.1, -0.05) is 0 Å². The van der Waals surface area contributed by atoms with E-state index < -0.39 is 15.8 Å². The number of hydrogen-bond acceptors (Lipinski definition) is 4. The number of hydrogen-bond donors (Lipinski definition) is 1. The van der Waals surface area contributed by atoms with Gasteiger partial charge in [0.25, 0.3) is 0 Å². The summed E-state index contributed by atoms with van der Waals surface area (Å²) in [7, 11) is -3.63. The van der Waals surface area contributed by atoms with Gasteiger partial charge in [0.1, 0.15) is 5.56 Å². The number of rotatable bonds is 2.